The first-order valence-corrected chi connectivity index (χ1v) is 14.7. The van der Waals surface area contributed by atoms with Crippen LogP contribution >= 0.6 is 69.6 Å². The van der Waals surface area contributed by atoms with Crippen molar-refractivity contribution in [1.29, 1.82) is 0 Å². The predicted octanol–water partition coefficient (Wildman–Crippen LogP) is 7.60. The highest BCUT2D eigenvalue weighted by Gasteiger charge is 2.46. The molecule has 1 aliphatic rings. The van der Waals surface area contributed by atoms with Crippen LogP contribution in [-0.2, 0) is 27.4 Å². The highest BCUT2D eigenvalue weighted by atomic mass is 35.6. The number of carboxylic acid groups (broad SMARTS) is 1. The van der Waals surface area contributed by atoms with Crippen molar-refractivity contribution in [2.45, 2.75) is 72.5 Å². The van der Waals surface area contributed by atoms with Crippen molar-refractivity contribution in [3.63, 3.8) is 0 Å². The quantitative estimate of drug-likeness (QED) is 0.242. The molecule has 2 aromatic carbocycles. The number of hydrogen-bond donors (Lipinski definition) is 2. The molecule has 222 valence electrons. The minimum absolute atomic E-state index is 0.0474. The Bertz CT molecular complexity index is 1040. The van der Waals surface area contributed by atoms with Crippen LogP contribution in [0.2, 0.25) is 0 Å². The third kappa shape index (κ3) is 11.4. The third-order valence-corrected chi connectivity index (χ3v) is 7.65. The smallest absolute Gasteiger partial charge is 0.358 e. The van der Waals surface area contributed by atoms with Crippen LogP contribution in [0, 0.1) is 11.3 Å². The van der Waals surface area contributed by atoms with Crippen molar-refractivity contribution in [3.8, 4) is 0 Å². The summed E-state index contributed by atoms with van der Waals surface area (Å²) in [5.74, 6) is -2.21. The Morgan fingerprint density at radius 1 is 0.825 bits per heavy atom. The zero-order valence-electron chi connectivity index (χ0n) is 22.2. The number of benzene rings is 2. The molecule has 0 radical (unpaired) electrons. The van der Waals surface area contributed by atoms with Gasteiger partial charge < -0.3 is 14.9 Å². The van der Waals surface area contributed by atoms with Crippen LogP contribution < -0.4 is 0 Å². The van der Waals surface area contributed by atoms with E-state index < -0.39 is 31.7 Å². The molecule has 12 heteroatoms. The van der Waals surface area contributed by atoms with Crippen molar-refractivity contribution < 1.29 is 24.5 Å². The standard InChI is InChI=1S/C26H32Cl3NO3.C2HCl3O2/c1-25(2,3)20-14-21(23(31)22(15-20)33-24(32)26(27,28)29)30(16-18-10-6-4-7-11-18)17-19-12-8-5-9-13-19;3-2(4,5)1(6)7/h4-13,20-23,31H,14-17H2,1-3H3;(H,6,7)/t20-,21-,22-,23-;/m1./s1. The molecule has 0 unspecified atom stereocenters. The monoisotopic (exact) mass is 673 g/mol. The van der Waals surface area contributed by atoms with Gasteiger partial charge in [-0.25, -0.2) is 9.59 Å². The fraction of sp³-hybridized carbons (Fsp3) is 0.500. The Morgan fingerprint density at radius 3 is 1.60 bits per heavy atom. The van der Waals surface area contributed by atoms with Crippen LogP contribution in [0.25, 0.3) is 0 Å². The summed E-state index contributed by atoms with van der Waals surface area (Å²) in [5, 5.41) is 19.3. The molecule has 0 saturated heterocycles. The lowest BCUT2D eigenvalue weighted by Crippen LogP contribution is -2.56. The predicted molar refractivity (Wildman–Crippen MR) is 162 cm³/mol. The van der Waals surface area contributed by atoms with Crippen molar-refractivity contribution in [2.75, 3.05) is 0 Å². The maximum atomic E-state index is 12.4. The van der Waals surface area contributed by atoms with Gasteiger partial charge in [-0.05, 0) is 35.3 Å². The van der Waals surface area contributed by atoms with Crippen LogP contribution in [0.3, 0.4) is 0 Å². The van der Waals surface area contributed by atoms with E-state index in [1.54, 1.807) is 0 Å². The first-order valence-electron chi connectivity index (χ1n) is 12.5. The number of carboxylic acids is 1. The Morgan fingerprint density at radius 2 is 1.25 bits per heavy atom. The molecule has 1 aliphatic carbocycles. The lowest BCUT2D eigenvalue weighted by Gasteiger charge is -2.47. The molecule has 0 heterocycles. The average molecular weight is 676 g/mol. The summed E-state index contributed by atoms with van der Waals surface area (Å²) >= 11 is 31.7. The van der Waals surface area contributed by atoms with Gasteiger partial charge in [0, 0.05) is 19.1 Å². The van der Waals surface area contributed by atoms with Gasteiger partial charge >= 0.3 is 11.9 Å². The molecule has 0 bridgehead atoms. The van der Waals surface area contributed by atoms with E-state index in [1.165, 1.54) is 0 Å². The minimum atomic E-state index is -2.18. The van der Waals surface area contributed by atoms with Crippen LogP contribution in [0.5, 0.6) is 0 Å². The minimum Gasteiger partial charge on any atom is -0.478 e. The number of aliphatic hydroxyl groups excluding tert-OH is 1. The van der Waals surface area contributed by atoms with E-state index in [4.69, 9.17) is 79.4 Å². The zero-order valence-corrected chi connectivity index (χ0v) is 26.8. The highest BCUT2D eigenvalue weighted by Crippen LogP contribution is 2.42. The van der Waals surface area contributed by atoms with E-state index in [2.05, 4.69) is 49.9 Å². The number of carbonyl (C=O) groups excluding carboxylic acids is 1. The maximum absolute atomic E-state index is 12.4. The van der Waals surface area contributed by atoms with Crippen LogP contribution in [-0.4, -0.2) is 52.9 Å². The molecule has 0 aromatic heterocycles. The summed E-state index contributed by atoms with van der Waals surface area (Å²) in [5.41, 5.74) is 2.25. The third-order valence-electron chi connectivity index (χ3n) is 6.70. The van der Waals surface area contributed by atoms with E-state index in [9.17, 15) is 14.7 Å². The number of halogens is 6. The van der Waals surface area contributed by atoms with Crippen molar-refractivity contribution in [2.24, 2.45) is 11.3 Å². The van der Waals surface area contributed by atoms with Gasteiger partial charge in [0.2, 0.25) is 0 Å². The van der Waals surface area contributed by atoms with Crippen LogP contribution in [0.4, 0.5) is 0 Å². The number of hydrogen-bond acceptors (Lipinski definition) is 5. The Kier molecular flexibility index (Phi) is 13.2. The van der Waals surface area contributed by atoms with E-state index in [1.807, 2.05) is 36.4 Å². The second kappa shape index (κ2) is 15.0. The first-order chi connectivity index (χ1) is 18.4. The Hall–Kier alpha value is -0.960. The molecule has 3 rings (SSSR count). The van der Waals surface area contributed by atoms with Gasteiger partial charge in [-0.1, -0.05) is 151 Å². The van der Waals surface area contributed by atoms with Crippen molar-refractivity contribution in [1.82, 2.24) is 4.90 Å². The summed E-state index contributed by atoms with van der Waals surface area (Å²) in [6.07, 6.45) is -0.387. The number of alkyl halides is 6. The number of nitrogens with zero attached hydrogens (tertiary/aromatic N) is 1. The molecule has 1 saturated carbocycles. The molecule has 4 atom stereocenters. The van der Waals surface area contributed by atoms with E-state index in [0.29, 0.717) is 19.5 Å². The summed E-state index contributed by atoms with van der Waals surface area (Å²) in [4.78, 5) is 24.2. The molecule has 2 N–H and O–H groups in total. The summed E-state index contributed by atoms with van der Waals surface area (Å²) in [7, 11) is 0. The van der Waals surface area contributed by atoms with E-state index in [0.717, 1.165) is 17.5 Å². The van der Waals surface area contributed by atoms with Gasteiger partial charge in [0.25, 0.3) is 7.59 Å². The maximum Gasteiger partial charge on any atom is 0.358 e. The van der Waals surface area contributed by atoms with Gasteiger partial charge in [-0.2, -0.15) is 0 Å². The van der Waals surface area contributed by atoms with Crippen molar-refractivity contribution in [3.05, 3.63) is 71.8 Å². The summed E-state index contributed by atoms with van der Waals surface area (Å²) < 4.78 is 1.21. The topological polar surface area (TPSA) is 87.1 Å². The fourth-order valence-corrected chi connectivity index (χ4v) is 4.65. The average Bonchev–Trinajstić information content (AvgIpc) is 2.84. The number of aliphatic hydroxyl groups is 1. The number of carbonyl (C=O) groups is 2. The summed E-state index contributed by atoms with van der Waals surface area (Å²) in [6.45, 7) is 7.80. The molecular weight excluding hydrogens is 643 g/mol. The Balaban J connectivity index is 0.000000708. The molecule has 0 spiro atoms. The molecular formula is C28H33Cl6NO5. The number of ether oxygens (including phenoxy) is 1. The number of aliphatic carboxylic acids is 1. The fourth-order valence-electron chi connectivity index (χ4n) is 4.52. The molecule has 0 aliphatic heterocycles. The second-order valence-electron chi connectivity index (χ2n) is 10.7. The molecule has 6 nitrogen and oxygen atoms in total. The lowest BCUT2D eigenvalue weighted by atomic mass is 9.68. The SMILES string of the molecule is CC(C)(C)[C@@H]1C[C@@H](N(Cc2ccccc2)Cc2ccccc2)[C@@H](O)[C@H](OC(=O)C(Cl)(Cl)Cl)C1.O=C(O)C(Cl)(Cl)Cl. The van der Waals surface area contributed by atoms with Gasteiger partial charge in [-0.15, -0.1) is 0 Å². The molecule has 0 amide bonds. The molecule has 40 heavy (non-hydrogen) atoms. The number of rotatable bonds is 6. The lowest BCUT2D eigenvalue weighted by molar-refractivity contribution is -0.167. The normalized spacial score (nSPS) is 21.8. The van der Waals surface area contributed by atoms with Gasteiger partial charge in [0.15, 0.2) is 0 Å². The van der Waals surface area contributed by atoms with Crippen LogP contribution in [0.15, 0.2) is 60.7 Å². The van der Waals surface area contributed by atoms with E-state index in [-0.39, 0.29) is 17.4 Å². The van der Waals surface area contributed by atoms with Crippen LogP contribution in [0.1, 0.15) is 44.7 Å². The Labute approximate surface area is 265 Å². The van der Waals surface area contributed by atoms with Gasteiger partial charge in [0.05, 0.1) is 0 Å². The van der Waals surface area contributed by atoms with Crippen molar-refractivity contribution >= 4 is 81.5 Å². The van der Waals surface area contributed by atoms with Gasteiger partial charge in [-0.3, -0.25) is 4.90 Å². The largest absolute Gasteiger partial charge is 0.478 e. The first kappa shape index (κ1) is 35.2. The molecule has 1 fully saturated rings. The second-order valence-corrected chi connectivity index (χ2v) is 15.3. The number of esters is 1. The molecule has 2 aromatic rings. The van der Waals surface area contributed by atoms with Gasteiger partial charge in [0.1, 0.15) is 12.2 Å². The summed E-state index contributed by atoms with van der Waals surface area (Å²) in [6, 6.07) is 20.1. The van der Waals surface area contributed by atoms with E-state index >= 15 is 0 Å². The highest BCUT2D eigenvalue weighted by molar-refractivity contribution is 6.76. The zero-order chi connectivity index (χ0) is 30.3.